The molecule has 0 unspecified atom stereocenters. The molecule has 1 amide bonds. The first kappa shape index (κ1) is 27.7. The second-order valence-electron chi connectivity index (χ2n) is 9.57. The Bertz CT molecular complexity index is 883. The van der Waals surface area contributed by atoms with E-state index in [0.717, 1.165) is 50.1 Å². The molecule has 1 saturated heterocycles. The van der Waals surface area contributed by atoms with Crippen molar-refractivity contribution < 1.29 is 38.3 Å². The van der Waals surface area contributed by atoms with Crippen molar-refractivity contribution in [2.75, 3.05) is 59.5 Å². The molecular formula is C28H41NO8. The third-order valence-corrected chi connectivity index (χ3v) is 7.05. The highest BCUT2D eigenvalue weighted by atomic mass is 16.7. The van der Waals surface area contributed by atoms with E-state index in [0.29, 0.717) is 51.0 Å². The predicted molar refractivity (Wildman–Crippen MR) is 136 cm³/mol. The van der Waals surface area contributed by atoms with Crippen molar-refractivity contribution in [3.63, 3.8) is 0 Å². The van der Waals surface area contributed by atoms with Crippen molar-refractivity contribution in [3.05, 3.63) is 35.6 Å². The van der Waals surface area contributed by atoms with Crippen molar-refractivity contribution in [1.29, 1.82) is 0 Å². The number of nitrogens with zero attached hydrogens (tertiary/aromatic N) is 1. The molecule has 1 N–H and O–H groups in total. The lowest BCUT2D eigenvalue weighted by molar-refractivity contribution is -0.172. The minimum Gasteiger partial charge on any atom is -0.459 e. The number of fused-ring (bicyclic) bond motifs is 1. The van der Waals surface area contributed by atoms with E-state index >= 15 is 0 Å². The Kier molecular flexibility index (Phi) is 10.9. The highest BCUT2D eigenvalue weighted by molar-refractivity contribution is 5.91. The Morgan fingerprint density at radius 1 is 1.00 bits per heavy atom. The molecule has 9 nitrogen and oxygen atoms in total. The fourth-order valence-corrected chi connectivity index (χ4v) is 5.14. The van der Waals surface area contributed by atoms with Crippen LogP contribution in [0.1, 0.15) is 56.9 Å². The van der Waals surface area contributed by atoms with Crippen molar-refractivity contribution in [2.24, 2.45) is 5.92 Å². The van der Waals surface area contributed by atoms with E-state index in [1.165, 1.54) is 6.42 Å². The smallest absolute Gasteiger partial charge is 0.288 e. The number of benzene rings is 1. The molecule has 0 bridgehead atoms. The maximum atomic E-state index is 13.6. The van der Waals surface area contributed by atoms with Gasteiger partial charge in [-0.15, -0.1) is 0 Å². The number of hydrogen-bond acceptors (Lipinski definition) is 8. The number of aliphatic hydroxyl groups is 1. The molecular weight excluding hydrogens is 478 g/mol. The Hall–Kier alpha value is -2.33. The number of allylic oxidation sites excluding steroid dienone is 1. The van der Waals surface area contributed by atoms with Crippen LogP contribution in [0.5, 0.6) is 11.5 Å². The summed E-state index contributed by atoms with van der Waals surface area (Å²) in [5.74, 6) is 1.54. The van der Waals surface area contributed by atoms with Crippen LogP contribution in [0.2, 0.25) is 0 Å². The summed E-state index contributed by atoms with van der Waals surface area (Å²) in [5.41, 5.74) is 1.02. The Morgan fingerprint density at radius 3 is 2.49 bits per heavy atom. The van der Waals surface area contributed by atoms with Gasteiger partial charge in [-0.2, -0.15) is 0 Å². The number of aliphatic hydroxyl groups excluding tert-OH is 1. The minimum atomic E-state index is -0.576. The van der Waals surface area contributed by atoms with Crippen molar-refractivity contribution in [3.8, 4) is 11.5 Å². The van der Waals surface area contributed by atoms with E-state index in [9.17, 15) is 4.79 Å². The van der Waals surface area contributed by atoms with Crippen LogP contribution in [0.4, 0.5) is 0 Å². The number of likely N-dealkylation sites (tertiary alicyclic amines) is 1. The Morgan fingerprint density at radius 2 is 1.73 bits per heavy atom. The van der Waals surface area contributed by atoms with Gasteiger partial charge in [-0.1, -0.05) is 25.3 Å². The molecule has 4 rings (SSSR count). The van der Waals surface area contributed by atoms with Gasteiger partial charge in [0.15, 0.2) is 17.3 Å². The summed E-state index contributed by atoms with van der Waals surface area (Å²) in [6.45, 7) is 5.77. The lowest BCUT2D eigenvalue weighted by Crippen LogP contribution is -2.41. The molecule has 9 heteroatoms. The van der Waals surface area contributed by atoms with Crippen LogP contribution in [0.25, 0.3) is 0 Å². The highest BCUT2D eigenvalue weighted by Gasteiger charge is 2.39. The number of carbonyl (C=O) groups is 1. The van der Waals surface area contributed by atoms with Crippen molar-refractivity contribution in [1.82, 2.24) is 4.90 Å². The van der Waals surface area contributed by atoms with Crippen LogP contribution in [-0.2, 0) is 23.7 Å². The van der Waals surface area contributed by atoms with Crippen LogP contribution < -0.4 is 9.47 Å². The average Bonchev–Trinajstić information content (AvgIpc) is 3.36. The highest BCUT2D eigenvalue weighted by Crippen LogP contribution is 2.42. The fourth-order valence-electron chi connectivity index (χ4n) is 5.14. The zero-order chi connectivity index (χ0) is 25.9. The van der Waals surface area contributed by atoms with Crippen LogP contribution in [-0.4, -0.2) is 81.7 Å². The van der Waals surface area contributed by atoms with Crippen molar-refractivity contribution in [2.45, 2.75) is 57.7 Å². The summed E-state index contributed by atoms with van der Waals surface area (Å²) in [4.78, 5) is 15.5. The summed E-state index contributed by atoms with van der Waals surface area (Å²) in [7, 11) is 0. The first-order chi connectivity index (χ1) is 18.2. The monoisotopic (exact) mass is 519 g/mol. The average molecular weight is 520 g/mol. The van der Waals surface area contributed by atoms with Gasteiger partial charge in [0.1, 0.15) is 0 Å². The topological polar surface area (TPSA) is 95.9 Å². The van der Waals surface area contributed by atoms with Gasteiger partial charge in [0, 0.05) is 38.1 Å². The van der Waals surface area contributed by atoms with Gasteiger partial charge in [0.25, 0.3) is 5.91 Å². The van der Waals surface area contributed by atoms with Crippen LogP contribution in [0.3, 0.4) is 0 Å². The summed E-state index contributed by atoms with van der Waals surface area (Å²) in [6, 6.07) is 5.94. The summed E-state index contributed by atoms with van der Waals surface area (Å²) in [5, 5.41) is 8.84. The van der Waals surface area contributed by atoms with E-state index in [1.807, 2.05) is 36.1 Å². The van der Waals surface area contributed by atoms with E-state index in [2.05, 4.69) is 0 Å². The standard InChI is InChI=1S/C28H41NO8/c1-2-34-28-22(10-14-32-16-17-33-15-13-30)23(21-8-9-24-25(18-21)36-20-35-24)19-26(37-28)27(31)29-11-6-4-3-5-7-12-29/h8-9,18-19,22-23,28,30H,2-7,10-17,20H2,1H3/t22-,23-,28-/m0/s1. The normalized spacial score (nSPS) is 23.7. The molecule has 3 aliphatic rings. The molecule has 0 radical (unpaired) electrons. The van der Waals surface area contributed by atoms with Crippen LogP contribution in [0.15, 0.2) is 30.0 Å². The number of amides is 1. The summed E-state index contributed by atoms with van der Waals surface area (Å²) < 4.78 is 34.6. The number of hydrogen-bond donors (Lipinski definition) is 1. The molecule has 1 aromatic rings. The van der Waals surface area contributed by atoms with Gasteiger partial charge >= 0.3 is 0 Å². The molecule has 3 atom stereocenters. The second-order valence-corrected chi connectivity index (χ2v) is 9.57. The molecule has 206 valence electrons. The molecule has 0 spiro atoms. The van der Waals surface area contributed by atoms with E-state index < -0.39 is 6.29 Å². The molecule has 3 heterocycles. The first-order valence-electron chi connectivity index (χ1n) is 13.7. The second kappa shape index (κ2) is 14.6. The summed E-state index contributed by atoms with van der Waals surface area (Å²) >= 11 is 0. The van der Waals surface area contributed by atoms with E-state index in [-0.39, 0.29) is 31.1 Å². The molecule has 3 aliphatic heterocycles. The molecule has 37 heavy (non-hydrogen) atoms. The van der Waals surface area contributed by atoms with Crippen LogP contribution in [0, 0.1) is 5.92 Å². The largest absolute Gasteiger partial charge is 0.459 e. The van der Waals surface area contributed by atoms with Gasteiger partial charge in [0.05, 0.1) is 26.4 Å². The van der Waals surface area contributed by atoms with E-state index in [4.69, 9.17) is 33.5 Å². The van der Waals surface area contributed by atoms with Gasteiger partial charge in [-0.3, -0.25) is 4.79 Å². The molecule has 0 saturated carbocycles. The number of ether oxygens (including phenoxy) is 6. The first-order valence-corrected chi connectivity index (χ1v) is 13.7. The quantitative estimate of drug-likeness (QED) is 0.419. The SMILES string of the molecule is CCO[C@H]1OC(C(=O)N2CCCCCCC2)=C[C@@H](c2ccc3c(c2)OCO3)[C@@H]1CCOCCOCCO. The summed E-state index contributed by atoms with van der Waals surface area (Å²) in [6.07, 6.45) is 7.62. The fraction of sp³-hybridized carbons (Fsp3) is 0.679. The maximum absolute atomic E-state index is 13.6. The lowest BCUT2D eigenvalue weighted by atomic mass is 9.81. The van der Waals surface area contributed by atoms with Crippen LogP contribution >= 0.6 is 0 Å². The van der Waals surface area contributed by atoms with E-state index in [1.54, 1.807) is 0 Å². The number of rotatable bonds is 12. The molecule has 1 fully saturated rings. The molecule has 0 aromatic heterocycles. The van der Waals surface area contributed by atoms with Gasteiger partial charge in [-0.05, 0) is 50.0 Å². The third kappa shape index (κ3) is 7.60. The van der Waals surface area contributed by atoms with Gasteiger partial charge in [-0.25, -0.2) is 0 Å². The molecule has 0 aliphatic carbocycles. The maximum Gasteiger partial charge on any atom is 0.288 e. The molecule has 1 aromatic carbocycles. The predicted octanol–water partition coefficient (Wildman–Crippen LogP) is 3.60. The lowest BCUT2D eigenvalue weighted by Gasteiger charge is -2.38. The van der Waals surface area contributed by atoms with Gasteiger partial charge in [0.2, 0.25) is 13.1 Å². The zero-order valence-corrected chi connectivity index (χ0v) is 21.9. The Balaban J connectivity index is 1.54. The third-order valence-electron chi connectivity index (χ3n) is 7.05. The Labute approximate surface area is 219 Å². The van der Waals surface area contributed by atoms with Gasteiger partial charge < -0.3 is 38.4 Å². The number of carbonyl (C=O) groups excluding carboxylic acids is 1. The van der Waals surface area contributed by atoms with Crippen molar-refractivity contribution >= 4 is 5.91 Å². The zero-order valence-electron chi connectivity index (χ0n) is 21.9. The minimum absolute atomic E-state index is 0.00250.